The fourth-order valence-corrected chi connectivity index (χ4v) is 2.72. The average Bonchev–Trinajstić information content (AvgIpc) is 2.52. The van der Waals surface area contributed by atoms with Crippen LogP contribution in [0.4, 0.5) is 0 Å². The summed E-state index contributed by atoms with van der Waals surface area (Å²) in [5, 5.41) is 6.77. The van der Waals surface area contributed by atoms with Crippen LogP contribution >= 0.6 is 0 Å². The quantitative estimate of drug-likeness (QED) is 0.387. The summed E-state index contributed by atoms with van der Waals surface area (Å²) in [4.78, 5) is 9.64. The van der Waals surface area contributed by atoms with Crippen LogP contribution in [0.3, 0.4) is 0 Å². The van der Waals surface area contributed by atoms with Gasteiger partial charge in [0, 0.05) is 32.2 Å². The molecule has 0 unspecified atom stereocenters. The van der Waals surface area contributed by atoms with Crippen LogP contribution in [0.1, 0.15) is 47.0 Å². The lowest BCUT2D eigenvalue weighted by atomic mass is 9.99. The highest BCUT2D eigenvalue weighted by Gasteiger charge is 2.14. The van der Waals surface area contributed by atoms with Crippen LogP contribution in [-0.2, 0) is 0 Å². The predicted molar refractivity (Wildman–Crippen MR) is 101 cm³/mol. The van der Waals surface area contributed by atoms with Crippen molar-refractivity contribution in [2.45, 2.75) is 53.0 Å². The summed E-state index contributed by atoms with van der Waals surface area (Å²) in [6.07, 6.45) is 3.87. The van der Waals surface area contributed by atoms with Crippen LogP contribution in [0.2, 0.25) is 0 Å². The largest absolute Gasteiger partial charge is 0.357 e. The SMILES string of the molecule is CCNC(=NCCCN1CCC(C)CC1)NCCN(C)C(C)C. The summed E-state index contributed by atoms with van der Waals surface area (Å²) in [6.45, 7) is 16.4. The first kappa shape index (κ1) is 20.2. The van der Waals surface area contributed by atoms with Gasteiger partial charge in [0.25, 0.3) is 0 Å². The third kappa shape index (κ3) is 9.16. The molecule has 1 fully saturated rings. The van der Waals surface area contributed by atoms with Gasteiger partial charge in [-0.3, -0.25) is 4.99 Å². The summed E-state index contributed by atoms with van der Waals surface area (Å²) >= 11 is 0. The second-order valence-electron chi connectivity index (χ2n) is 7.14. The van der Waals surface area contributed by atoms with E-state index in [0.717, 1.165) is 44.5 Å². The van der Waals surface area contributed by atoms with E-state index in [-0.39, 0.29) is 0 Å². The molecular weight excluding hydrogens is 286 g/mol. The number of hydrogen-bond donors (Lipinski definition) is 2. The van der Waals surface area contributed by atoms with Gasteiger partial charge in [0.2, 0.25) is 0 Å². The molecule has 1 aliphatic rings. The lowest BCUT2D eigenvalue weighted by Gasteiger charge is -2.29. The Labute approximate surface area is 143 Å². The Balaban J connectivity index is 2.20. The number of guanidine groups is 1. The number of likely N-dealkylation sites (tertiary alicyclic amines) is 1. The van der Waals surface area contributed by atoms with Gasteiger partial charge in [-0.05, 0) is 72.6 Å². The van der Waals surface area contributed by atoms with Crippen molar-refractivity contribution in [1.82, 2.24) is 20.4 Å². The van der Waals surface area contributed by atoms with Gasteiger partial charge >= 0.3 is 0 Å². The maximum Gasteiger partial charge on any atom is 0.191 e. The zero-order valence-corrected chi connectivity index (χ0v) is 16.1. The van der Waals surface area contributed by atoms with E-state index < -0.39 is 0 Å². The molecule has 0 amide bonds. The third-order valence-electron chi connectivity index (χ3n) is 4.76. The molecule has 136 valence electrons. The summed E-state index contributed by atoms with van der Waals surface area (Å²) in [5.41, 5.74) is 0. The van der Waals surface area contributed by atoms with Crippen molar-refractivity contribution in [1.29, 1.82) is 0 Å². The van der Waals surface area contributed by atoms with E-state index in [1.165, 1.54) is 32.5 Å². The Bertz CT molecular complexity index is 321. The zero-order chi connectivity index (χ0) is 17.1. The molecule has 23 heavy (non-hydrogen) atoms. The van der Waals surface area contributed by atoms with E-state index in [1.807, 2.05) is 0 Å². The van der Waals surface area contributed by atoms with Crippen LogP contribution in [0.5, 0.6) is 0 Å². The first-order chi connectivity index (χ1) is 11.0. The molecule has 0 saturated carbocycles. The van der Waals surface area contributed by atoms with Crippen molar-refractivity contribution in [2.75, 3.05) is 52.9 Å². The fraction of sp³-hybridized carbons (Fsp3) is 0.944. The highest BCUT2D eigenvalue weighted by Crippen LogP contribution is 2.15. The number of nitrogens with one attached hydrogen (secondary N) is 2. The Morgan fingerprint density at radius 3 is 2.57 bits per heavy atom. The van der Waals surface area contributed by atoms with Crippen molar-refractivity contribution in [3.63, 3.8) is 0 Å². The van der Waals surface area contributed by atoms with Gasteiger partial charge in [-0.25, -0.2) is 0 Å². The van der Waals surface area contributed by atoms with Gasteiger partial charge in [-0.2, -0.15) is 0 Å². The summed E-state index contributed by atoms with van der Waals surface area (Å²) in [5.74, 6) is 1.87. The van der Waals surface area contributed by atoms with Crippen LogP contribution in [0.25, 0.3) is 0 Å². The molecule has 5 nitrogen and oxygen atoms in total. The van der Waals surface area contributed by atoms with Crippen molar-refractivity contribution in [3.05, 3.63) is 0 Å². The number of rotatable bonds is 9. The van der Waals surface area contributed by atoms with Gasteiger partial charge in [0.1, 0.15) is 0 Å². The van der Waals surface area contributed by atoms with E-state index in [9.17, 15) is 0 Å². The lowest BCUT2D eigenvalue weighted by molar-refractivity contribution is 0.192. The minimum absolute atomic E-state index is 0.587. The highest BCUT2D eigenvalue weighted by atomic mass is 15.2. The molecule has 0 aromatic heterocycles. The molecule has 0 bridgehead atoms. The highest BCUT2D eigenvalue weighted by molar-refractivity contribution is 5.79. The van der Waals surface area contributed by atoms with Gasteiger partial charge < -0.3 is 20.4 Å². The predicted octanol–water partition coefficient (Wildman–Crippen LogP) is 2.00. The molecule has 0 radical (unpaired) electrons. The lowest BCUT2D eigenvalue weighted by Crippen LogP contribution is -2.42. The number of likely N-dealkylation sites (N-methyl/N-ethyl adjacent to an activating group) is 1. The molecule has 5 heteroatoms. The second-order valence-corrected chi connectivity index (χ2v) is 7.14. The zero-order valence-electron chi connectivity index (χ0n) is 16.1. The summed E-state index contributed by atoms with van der Waals surface area (Å²) in [7, 11) is 2.16. The minimum atomic E-state index is 0.587. The van der Waals surface area contributed by atoms with Crippen molar-refractivity contribution < 1.29 is 0 Å². The van der Waals surface area contributed by atoms with E-state index in [0.29, 0.717) is 6.04 Å². The summed E-state index contributed by atoms with van der Waals surface area (Å²) in [6, 6.07) is 0.587. The molecule has 1 heterocycles. The Hall–Kier alpha value is -0.810. The monoisotopic (exact) mass is 325 g/mol. The first-order valence-corrected chi connectivity index (χ1v) is 9.47. The van der Waals surface area contributed by atoms with E-state index in [4.69, 9.17) is 4.99 Å². The average molecular weight is 326 g/mol. The Morgan fingerprint density at radius 1 is 1.26 bits per heavy atom. The van der Waals surface area contributed by atoms with Gasteiger partial charge in [-0.15, -0.1) is 0 Å². The van der Waals surface area contributed by atoms with Crippen molar-refractivity contribution in [3.8, 4) is 0 Å². The number of piperidine rings is 1. The smallest absolute Gasteiger partial charge is 0.191 e. The normalized spacial score (nSPS) is 18.0. The van der Waals surface area contributed by atoms with Crippen molar-refractivity contribution in [2.24, 2.45) is 10.9 Å². The van der Waals surface area contributed by atoms with E-state index in [1.54, 1.807) is 0 Å². The van der Waals surface area contributed by atoms with Gasteiger partial charge in [0.15, 0.2) is 5.96 Å². The van der Waals surface area contributed by atoms with Crippen molar-refractivity contribution >= 4 is 5.96 Å². The fourth-order valence-electron chi connectivity index (χ4n) is 2.72. The molecule has 1 aliphatic heterocycles. The standard InChI is InChI=1S/C18H39N5/c1-6-19-18(21-11-15-22(5)16(2)3)20-10-7-12-23-13-8-17(4)9-14-23/h16-17H,6-15H2,1-5H3,(H2,19,20,21). The Kier molecular flexibility index (Phi) is 10.3. The Morgan fingerprint density at radius 2 is 1.96 bits per heavy atom. The summed E-state index contributed by atoms with van der Waals surface area (Å²) < 4.78 is 0. The van der Waals surface area contributed by atoms with Gasteiger partial charge in [-0.1, -0.05) is 6.92 Å². The van der Waals surface area contributed by atoms with Crippen LogP contribution in [-0.4, -0.2) is 74.7 Å². The molecule has 0 spiro atoms. The van der Waals surface area contributed by atoms with Crippen LogP contribution in [0, 0.1) is 5.92 Å². The molecule has 0 aliphatic carbocycles. The topological polar surface area (TPSA) is 42.9 Å². The molecule has 1 saturated heterocycles. The number of aliphatic imine (C=N–C) groups is 1. The third-order valence-corrected chi connectivity index (χ3v) is 4.76. The van der Waals surface area contributed by atoms with E-state index >= 15 is 0 Å². The molecule has 0 aromatic carbocycles. The van der Waals surface area contributed by atoms with E-state index in [2.05, 4.69) is 55.2 Å². The molecule has 1 rings (SSSR count). The molecule has 0 aromatic rings. The maximum absolute atomic E-state index is 4.70. The second kappa shape index (κ2) is 11.7. The maximum atomic E-state index is 4.70. The molecular formula is C18H39N5. The van der Waals surface area contributed by atoms with Crippen LogP contribution in [0.15, 0.2) is 4.99 Å². The molecule has 2 N–H and O–H groups in total. The number of hydrogen-bond acceptors (Lipinski definition) is 3. The number of nitrogens with zero attached hydrogens (tertiary/aromatic N) is 3. The minimum Gasteiger partial charge on any atom is -0.357 e. The molecule has 0 atom stereocenters. The van der Waals surface area contributed by atoms with Gasteiger partial charge in [0.05, 0.1) is 0 Å². The first-order valence-electron chi connectivity index (χ1n) is 9.47. The van der Waals surface area contributed by atoms with Crippen LogP contribution < -0.4 is 10.6 Å².